The quantitative estimate of drug-likeness (QED) is 0.772. The highest BCUT2D eigenvalue weighted by atomic mass is 16.7. The van der Waals surface area contributed by atoms with E-state index in [1.807, 2.05) is 0 Å². The predicted octanol–water partition coefficient (Wildman–Crippen LogP) is 2.69. The van der Waals surface area contributed by atoms with Crippen molar-refractivity contribution in [3.8, 4) is 0 Å². The Labute approximate surface area is 102 Å². The molecule has 1 N–H and O–H groups in total. The van der Waals surface area contributed by atoms with E-state index in [4.69, 9.17) is 9.84 Å². The molecule has 0 aromatic rings. The van der Waals surface area contributed by atoms with Gasteiger partial charge in [0.25, 0.3) is 0 Å². The van der Waals surface area contributed by atoms with Crippen LogP contribution in [0.3, 0.4) is 0 Å². The Hall–Kier alpha value is -1.26. The van der Waals surface area contributed by atoms with Crippen LogP contribution in [-0.4, -0.2) is 29.4 Å². The summed E-state index contributed by atoms with van der Waals surface area (Å²) < 4.78 is 9.87. The van der Waals surface area contributed by atoms with E-state index in [-0.39, 0.29) is 18.5 Å². The molecule has 0 saturated carbocycles. The summed E-state index contributed by atoms with van der Waals surface area (Å²) in [5.41, 5.74) is -1.34. The second-order valence-corrected chi connectivity index (χ2v) is 5.72. The first-order valence-corrected chi connectivity index (χ1v) is 5.56. The molecule has 0 aliphatic carbocycles. The number of esters is 1. The van der Waals surface area contributed by atoms with E-state index < -0.39 is 17.2 Å². The van der Waals surface area contributed by atoms with Crippen molar-refractivity contribution >= 4 is 12.1 Å². The van der Waals surface area contributed by atoms with Crippen LogP contribution in [0.1, 0.15) is 41.5 Å². The highest BCUT2D eigenvalue weighted by Gasteiger charge is 2.35. The molecular formula is C12H22O5. The van der Waals surface area contributed by atoms with Gasteiger partial charge in [-0.25, -0.2) is 4.79 Å². The summed E-state index contributed by atoms with van der Waals surface area (Å²) in [6.07, 6.45) is -1.32. The van der Waals surface area contributed by atoms with Crippen LogP contribution < -0.4 is 0 Å². The summed E-state index contributed by atoms with van der Waals surface area (Å²) >= 11 is 0. The van der Waals surface area contributed by atoms with Gasteiger partial charge >= 0.3 is 12.1 Å². The number of carboxylic acid groups (broad SMARTS) is 1. The molecule has 0 amide bonds. The van der Waals surface area contributed by atoms with Gasteiger partial charge in [0.2, 0.25) is 0 Å². The lowest BCUT2D eigenvalue weighted by molar-refractivity contribution is -0.172. The van der Waals surface area contributed by atoms with Crippen molar-refractivity contribution < 1.29 is 24.2 Å². The largest absolute Gasteiger partial charge is 0.505 e. The lowest BCUT2D eigenvalue weighted by Gasteiger charge is -2.33. The predicted molar refractivity (Wildman–Crippen MR) is 62.8 cm³/mol. The average Bonchev–Trinajstić information content (AvgIpc) is 2.11. The standard InChI is InChI=1S/C12H22O5/c1-8(7-16-10(14)15)12(5,6)17-9(13)11(2,3)4/h8H,7H2,1-6H3,(H,14,15). The molecular weight excluding hydrogens is 224 g/mol. The molecule has 0 spiro atoms. The van der Waals surface area contributed by atoms with Gasteiger partial charge in [0.1, 0.15) is 12.2 Å². The fourth-order valence-electron chi connectivity index (χ4n) is 0.890. The zero-order chi connectivity index (χ0) is 13.9. The average molecular weight is 246 g/mol. The maximum atomic E-state index is 11.7. The van der Waals surface area contributed by atoms with E-state index in [1.165, 1.54) is 0 Å². The Kier molecular flexibility index (Phi) is 4.98. The second-order valence-electron chi connectivity index (χ2n) is 5.72. The van der Waals surface area contributed by atoms with Gasteiger partial charge in [-0.3, -0.25) is 4.79 Å². The van der Waals surface area contributed by atoms with Gasteiger partial charge in [-0.05, 0) is 34.6 Å². The zero-order valence-corrected chi connectivity index (χ0v) is 11.4. The summed E-state index contributed by atoms with van der Waals surface area (Å²) in [6, 6.07) is 0. The SMILES string of the molecule is CC(COC(=O)O)C(C)(C)OC(=O)C(C)(C)C. The van der Waals surface area contributed by atoms with E-state index in [1.54, 1.807) is 41.5 Å². The van der Waals surface area contributed by atoms with Gasteiger partial charge in [-0.15, -0.1) is 0 Å². The first-order chi connectivity index (χ1) is 7.47. The van der Waals surface area contributed by atoms with Crippen LogP contribution in [0.15, 0.2) is 0 Å². The van der Waals surface area contributed by atoms with Crippen LogP contribution in [0.4, 0.5) is 4.79 Å². The maximum Gasteiger partial charge on any atom is 0.505 e. The Morgan fingerprint density at radius 1 is 1.18 bits per heavy atom. The van der Waals surface area contributed by atoms with Gasteiger partial charge in [0.15, 0.2) is 0 Å². The third-order valence-electron chi connectivity index (χ3n) is 2.61. The molecule has 0 aromatic carbocycles. The van der Waals surface area contributed by atoms with Crippen molar-refractivity contribution in [2.45, 2.75) is 47.1 Å². The second kappa shape index (κ2) is 5.38. The number of hydrogen-bond acceptors (Lipinski definition) is 4. The summed E-state index contributed by atoms with van der Waals surface area (Å²) in [5, 5.41) is 8.41. The monoisotopic (exact) mass is 246 g/mol. The number of carbonyl (C=O) groups is 2. The Morgan fingerprint density at radius 3 is 2.00 bits per heavy atom. The third-order valence-corrected chi connectivity index (χ3v) is 2.61. The van der Waals surface area contributed by atoms with E-state index in [0.717, 1.165) is 0 Å². The van der Waals surface area contributed by atoms with Crippen molar-refractivity contribution in [2.24, 2.45) is 11.3 Å². The number of hydrogen-bond donors (Lipinski definition) is 1. The first kappa shape index (κ1) is 15.7. The molecule has 0 fully saturated rings. The highest BCUT2D eigenvalue weighted by molar-refractivity contribution is 5.75. The molecule has 0 aliphatic heterocycles. The van der Waals surface area contributed by atoms with Crippen LogP contribution >= 0.6 is 0 Å². The molecule has 0 bridgehead atoms. The molecule has 0 saturated heterocycles. The molecule has 5 heteroatoms. The molecule has 5 nitrogen and oxygen atoms in total. The van der Waals surface area contributed by atoms with Crippen molar-refractivity contribution in [1.82, 2.24) is 0 Å². The molecule has 0 aliphatic rings. The number of ether oxygens (including phenoxy) is 2. The van der Waals surface area contributed by atoms with Crippen molar-refractivity contribution in [1.29, 1.82) is 0 Å². The van der Waals surface area contributed by atoms with Crippen LogP contribution in [0.25, 0.3) is 0 Å². The number of rotatable bonds is 4. The molecule has 100 valence electrons. The maximum absolute atomic E-state index is 11.7. The van der Waals surface area contributed by atoms with Gasteiger partial charge in [0, 0.05) is 5.92 Å². The minimum absolute atomic E-state index is 0.000242. The van der Waals surface area contributed by atoms with Crippen molar-refractivity contribution in [3.63, 3.8) is 0 Å². The first-order valence-electron chi connectivity index (χ1n) is 5.56. The normalized spacial score (nSPS) is 14.0. The summed E-state index contributed by atoms with van der Waals surface area (Å²) in [4.78, 5) is 22.0. The Morgan fingerprint density at radius 2 is 1.65 bits per heavy atom. The van der Waals surface area contributed by atoms with Gasteiger partial charge in [-0.2, -0.15) is 0 Å². The van der Waals surface area contributed by atoms with Crippen LogP contribution in [0.2, 0.25) is 0 Å². The molecule has 0 rings (SSSR count). The zero-order valence-electron chi connectivity index (χ0n) is 11.4. The van der Waals surface area contributed by atoms with Crippen LogP contribution in [-0.2, 0) is 14.3 Å². The smallest absolute Gasteiger partial charge is 0.459 e. The Balaban J connectivity index is 4.46. The molecule has 0 heterocycles. The fraction of sp³-hybridized carbons (Fsp3) is 0.833. The third kappa shape index (κ3) is 5.56. The lowest BCUT2D eigenvalue weighted by Crippen LogP contribution is -2.41. The van der Waals surface area contributed by atoms with Crippen LogP contribution in [0, 0.1) is 11.3 Å². The summed E-state index contributed by atoms with van der Waals surface area (Å²) in [7, 11) is 0. The summed E-state index contributed by atoms with van der Waals surface area (Å²) in [5.74, 6) is -0.533. The topological polar surface area (TPSA) is 72.8 Å². The molecule has 17 heavy (non-hydrogen) atoms. The van der Waals surface area contributed by atoms with Gasteiger partial charge in [-0.1, -0.05) is 6.92 Å². The highest BCUT2D eigenvalue weighted by Crippen LogP contribution is 2.26. The molecule has 1 unspecified atom stereocenters. The molecule has 1 atom stereocenters. The van der Waals surface area contributed by atoms with E-state index in [0.29, 0.717) is 0 Å². The van der Waals surface area contributed by atoms with Crippen molar-refractivity contribution in [2.75, 3.05) is 6.61 Å². The van der Waals surface area contributed by atoms with E-state index in [2.05, 4.69) is 4.74 Å². The van der Waals surface area contributed by atoms with Gasteiger partial charge in [0.05, 0.1) is 5.41 Å². The minimum atomic E-state index is -1.32. The molecule has 0 radical (unpaired) electrons. The summed E-state index contributed by atoms with van der Waals surface area (Å²) in [6.45, 7) is 10.6. The minimum Gasteiger partial charge on any atom is -0.459 e. The lowest BCUT2D eigenvalue weighted by atomic mass is 9.91. The van der Waals surface area contributed by atoms with Crippen LogP contribution in [0.5, 0.6) is 0 Å². The fourth-order valence-corrected chi connectivity index (χ4v) is 0.890. The molecule has 0 aromatic heterocycles. The Bertz CT molecular complexity index is 288. The van der Waals surface area contributed by atoms with E-state index in [9.17, 15) is 9.59 Å². The van der Waals surface area contributed by atoms with Crippen molar-refractivity contribution in [3.05, 3.63) is 0 Å². The van der Waals surface area contributed by atoms with Gasteiger partial charge < -0.3 is 14.6 Å². The van der Waals surface area contributed by atoms with E-state index >= 15 is 0 Å². The number of carbonyl (C=O) groups excluding carboxylic acids is 1.